The van der Waals surface area contributed by atoms with Crippen molar-refractivity contribution in [2.45, 2.75) is 11.4 Å². The van der Waals surface area contributed by atoms with Crippen LogP contribution in [0.2, 0.25) is 5.02 Å². The number of rotatable bonds is 9. The first kappa shape index (κ1) is 26.4. The minimum Gasteiger partial charge on any atom is -0.496 e. The Balaban J connectivity index is 1.80. The van der Waals surface area contributed by atoms with E-state index in [0.717, 1.165) is 13.3 Å². The Morgan fingerprint density at radius 2 is 1.71 bits per heavy atom. The van der Waals surface area contributed by atoms with Gasteiger partial charge in [0.05, 0.1) is 24.8 Å². The van der Waals surface area contributed by atoms with Crippen molar-refractivity contribution in [3.05, 3.63) is 91.8 Å². The van der Waals surface area contributed by atoms with Gasteiger partial charge in [0.2, 0.25) is 10.0 Å². The van der Waals surface area contributed by atoms with Crippen molar-refractivity contribution in [3.8, 4) is 5.75 Å². The molecule has 0 radical (unpaired) electrons. The van der Waals surface area contributed by atoms with E-state index in [1.54, 1.807) is 48.5 Å². The summed E-state index contributed by atoms with van der Waals surface area (Å²) in [7, 11) is -2.45. The number of nitrogens with zero attached hydrogens (tertiary/aromatic N) is 2. The van der Waals surface area contributed by atoms with Crippen LogP contribution < -0.4 is 10.2 Å². The Morgan fingerprint density at radius 1 is 1.06 bits per heavy atom. The average molecular weight is 630 g/mol. The van der Waals surface area contributed by atoms with E-state index in [1.165, 1.54) is 25.5 Å². The lowest BCUT2D eigenvalue weighted by Crippen LogP contribution is -2.39. The number of methoxy groups -OCH3 is 1. The lowest BCUT2D eigenvalue weighted by atomic mass is 10.2. The van der Waals surface area contributed by atoms with Gasteiger partial charge in [-0.05, 0) is 60.2 Å². The van der Waals surface area contributed by atoms with Crippen LogP contribution in [0.1, 0.15) is 11.1 Å². The molecule has 7 nitrogen and oxygen atoms in total. The first-order valence-corrected chi connectivity index (χ1v) is 13.2. The number of carbonyl (C=O) groups is 1. The van der Waals surface area contributed by atoms with Crippen LogP contribution >= 0.6 is 43.5 Å². The fraction of sp³-hybridized carbons (Fsp3) is 0.130. The minimum atomic E-state index is -3.97. The number of ether oxygens (including phenoxy) is 1. The monoisotopic (exact) mass is 627 g/mol. The van der Waals surface area contributed by atoms with Crippen LogP contribution in [0.15, 0.2) is 85.7 Å². The Morgan fingerprint density at radius 3 is 2.35 bits per heavy atom. The third kappa shape index (κ3) is 7.13. The van der Waals surface area contributed by atoms with Crippen LogP contribution in [0, 0.1) is 0 Å². The van der Waals surface area contributed by atoms with Gasteiger partial charge < -0.3 is 4.74 Å². The number of nitrogens with one attached hydrogen (secondary N) is 1. The summed E-state index contributed by atoms with van der Waals surface area (Å²) in [6.07, 6.45) is 1.42. The second-order valence-corrected chi connectivity index (χ2v) is 11.2. The van der Waals surface area contributed by atoms with E-state index in [4.69, 9.17) is 16.3 Å². The number of hydrogen-bond acceptors (Lipinski definition) is 5. The predicted octanol–water partition coefficient (Wildman–Crippen LogP) is 5.21. The lowest BCUT2D eigenvalue weighted by molar-refractivity contribution is -0.121. The molecule has 0 aliphatic heterocycles. The van der Waals surface area contributed by atoms with Gasteiger partial charge in [-0.15, -0.1) is 0 Å². The topological polar surface area (TPSA) is 88.1 Å². The zero-order valence-electron chi connectivity index (χ0n) is 17.9. The fourth-order valence-corrected chi connectivity index (χ4v) is 5.10. The van der Waals surface area contributed by atoms with Gasteiger partial charge in [0.1, 0.15) is 5.75 Å². The van der Waals surface area contributed by atoms with Crippen LogP contribution in [0.3, 0.4) is 0 Å². The Hall–Kier alpha value is -2.24. The lowest BCUT2D eigenvalue weighted by Gasteiger charge is -2.21. The zero-order valence-corrected chi connectivity index (χ0v) is 22.7. The number of hydrazone groups is 1. The molecule has 0 aromatic heterocycles. The molecule has 0 saturated heterocycles. The summed E-state index contributed by atoms with van der Waals surface area (Å²) in [5, 5.41) is 4.49. The first-order valence-electron chi connectivity index (χ1n) is 9.84. The van der Waals surface area contributed by atoms with Gasteiger partial charge in [-0.1, -0.05) is 55.6 Å². The van der Waals surface area contributed by atoms with Crippen LogP contribution in [0.25, 0.3) is 0 Å². The standard InChI is InChI=1S/C23H20Br2ClN3O4S/c1-33-22-11-6-19(25)12-17(22)13-27-28-23(30)15-29(14-16-2-7-20(26)8-3-16)34(31,32)21-9-4-18(24)5-10-21/h2-13H,14-15H2,1H3,(H,28,30)/b27-13-. The molecule has 0 aliphatic rings. The Labute approximate surface area is 220 Å². The quantitative estimate of drug-likeness (QED) is 0.260. The smallest absolute Gasteiger partial charge is 0.255 e. The van der Waals surface area contributed by atoms with Gasteiger partial charge in [-0.2, -0.15) is 9.41 Å². The molecule has 0 spiro atoms. The highest BCUT2D eigenvalue weighted by Crippen LogP contribution is 2.22. The Bertz CT molecular complexity index is 1280. The van der Waals surface area contributed by atoms with E-state index in [1.807, 2.05) is 6.07 Å². The van der Waals surface area contributed by atoms with Crippen LogP contribution in [0.4, 0.5) is 0 Å². The molecule has 0 bridgehead atoms. The molecule has 1 amide bonds. The molecule has 3 aromatic carbocycles. The van der Waals surface area contributed by atoms with Crippen LogP contribution in [-0.2, 0) is 21.4 Å². The molecule has 1 N–H and O–H groups in total. The molecule has 0 atom stereocenters. The maximum Gasteiger partial charge on any atom is 0.255 e. The average Bonchev–Trinajstić information content (AvgIpc) is 2.80. The first-order chi connectivity index (χ1) is 16.2. The van der Waals surface area contributed by atoms with Crippen molar-refractivity contribution in [1.82, 2.24) is 9.73 Å². The number of carbonyl (C=O) groups excluding carboxylic acids is 1. The molecular weight excluding hydrogens is 610 g/mol. The molecular formula is C23H20Br2ClN3O4S. The molecule has 0 heterocycles. The fourth-order valence-electron chi connectivity index (χ4n) is 2.95. The third-order valence-corrected chi connectivity index (χ3v) is 7.71. The number of sulfonamides is 1. The van der Waals surface area contributed by atoms with Gasteiger partial charge in [0.15, 0.2) is 0 Å². The summed E-state index contributed by atoms with van der Waals surface area (Å²) >= 11 is 12.6. The summed E-state index contributed by atoms with van der Waals surface area (Å²) < 4.78 is 34.5. The summed E-state index contributed by atoms with van der Waals surface area (Å²) in [5.41, 5.74) is 3.70. The zero-order chi connectivity index (χ0) is 24.7. The van der Waals surface area contributed by atoms with Crippen molar-refractivity contribution in [3.63, 3.8) is 0 Å². The predicted molar refractivity (Wildman–Crippen MR) is 140 cm³/mol. The summed E-state index contributed by atoms with van der Waals surface area (Å²) in [6.45, 7) is -0.458. The van der Waals surface area contributed by atoms with Crippen LogP contribution in [-0.4, -0.2) is 38.5 Å². The molecule has 0 unspecified atom stereocenters. The highest BCUT2D eigenvalue weighted by Gasteiger charge is 2.27. The van der Waals surface area contributed by atoms with Crippen molar-refractivity contribution in [2.75, 3.05) is 13.7 Å². The van der Waals surface area contributed by atoms with E-state index in [-0.39, 0.29) is 11.4 Å². The molecule has 3 aromatic rings. The number of benzene rings is 3. The number of hydrogen-bond donors (Lipinski definition) is 1. The van der Waals surface area contributed by atoms with Gasteiger partial charge >= 0.3 is 0 Å². The third-order valence-electron chi connectivity index (χ3n) is 4.63. The van der Waals surface area contributed by atoms with Gasteiger partial charge in [0, 0.05) is 26.1 Å². The minimum absolute atomic E-state index is 0.0217. The van der Waals surface area contributed by atoms with Gasteiger partial charge in [-0.3, -0.25) is 4.79 Å². The molecule has 0 fully saturated rings. The van der Waals surface area contributed by atoms with Crippen molar-refractivity contribution in [2.24, 2.45) is 5.10 Å². The second kappa shape index (κ2) is 11.9. The van der Waals surface area contributed by atoms with E-state index in [9.17, 15) is 13.2 Å². The number of amides is 1. The van der Waals surface area contributed by atoms with E-state index in [2.05, 4.69) is 42.4 Å². The van der Waals surface area contributed by atoms with Crippen LogP contribution in [0.5, 0.6) is 5.75 Å². The van der Waals surface area contributed by atoms with E-state index in [0.29, 0.717) is 21.9 Å². The Kier molecular flexibility index (Phi) is 9.26. The molecule has 34 heavy (non-hydrogen) atoms. The summed E-state index contributed by atoms with van der Waals surface area (Å²) in [4.78, 5) is 12.7. The normalized spacial score (nSPS) is 11.7. The van der Waals surface area contributed by atoms with Crippen molar-refractivity contribution >= 4 is 65.6 Å². The van der Waals surface area contributed by atoms with E-state index >= 15 is 0 Å². The summed E-state index contributed by atoms with van der Waals surface area (Å²) in [5.74, 6) is -0.0248. The highest BCUT2D eigenvalue weighted by atomic mass is 79.9. The molecule has 11 heteroatoms. The van der Waals surface area contributed by atoms with Crippen molar-refractivity contribution < 1.29 is 17.9 Å². The van der Waals surface area contributed by atoms with Gasteiger partial charge in [0.25, 0.3) is 5.91 Å². The highest BCUT2D eigenvalue weighted by molar-refractivity contribution is 9.10. The maximum absolute atomic E-state index is 13.3. The molecule has 0 saturated carbocycles. The maximum atomic E-state index is 13.3. The largest absolute Gasteiger partial charge is 0.496 e. The number of halogens is 3. The molecule has 0 aliphatic carbocycles. The van der Waals surface area contributed by atoms with Crippen molar-refractivity contribution in [1.29, 1.82) is 0 Å². The molecule has 178 valence electrons. The van der Waals surface area contributed by atoms with E-state index < -0.39 is 22.5 Å². The SMILES string of the molecule is COc1ccc(Br)cc1/C=N\NC(=O)CN(Cc1ccc(Cl)cc1)S(=O)(=O)c1ccc(Br)cc1. The van der Waals surface area contributed by atoms with Gasteiger partial charge in [-0.25, -0.2) is 13.8 Å². The second-order valence-electron chi connectivity index (χ2n) is 7.03. The summed E-state index contributed by atoms with van der Waals surface area (Å²) in [6, 6.07) is 18.3. The molecule has 3 rings (SSSR count).